The Balaban J connectivity index is 2.01. The van der Waals surface area contributed by atoms with E-state index >= 15 is 0 Å². The number of rotatable bonds is 5. The lowest BCUT2D eigenvalue weighted by molar-refractivity contribution is -0.385. The molecule has 6 heteroatoms. The topological polar surface area (TPSA) is 66.6 Å². The minimum absolute atomic E-state index is 0.102. The van der Waals surface area contributed by atoms with Crippen LogP contribution in [0.5, 0.6) is 0 Å². The highest BCUT2D eigenvalue weighted by atomic mass is 35.5. The number of benzene rings is 1. The fraction of sp³-hybridized carbons (Fsp3) is 0.538. The molecule has 1 aliphatic carbocycles. The molecule has 0 unspecified atom stereocenters. The lowest BCUT2D eigenvalue weighted by Gasteiger charge is -2.34. The van der Waals surface area contributed by atoms with Gasteiger partial charge in [0.05, 0.1) is 11.0 Å². The quantitative estimate of drug-likeness (QED) is 0.666. The highest BCUT2D eigenvalue weighted by Gasteiger charge is 2.28. The van der Waals surface area contributed by atoms with Crippen LogP contribution in [0, 0.1) is 16.0 Å². The third kappa shape index (κ3) is 3.65. The maximum Gasteiger partial charge on any atom is 0.273 e. The molecule has 1 aromatic carbocycles. The highest BCUT2D eigenvalue weighted by Crippen LogP contribution is 2.29. The standard InChI is InChI=1S/C13H17ClN2O3/c1-15(7-9-4-12(17)5-9)8-10-6-11(14)2-3-13(10)16(18)19/h2-3,6,9,12,17H,4-5,7-8H2,1H3. The lowest BCUT2D eigenvalue weighted by Crippen LogP contribution is -2.36. The smallest absolute Gasteiger partial charge is 0.273 e. The van der Waals surface area contributed by atoms with Crippen LogP contribution in [0.1, 0.15) is 18.4 Å². The van der Waals surface area contributed by atoms with Gasteiger partial charge in [0.25, 0.3) is 5.69 Å². The van der Waals surface area contributed by atoms with Crippen LogP contribution in [0.15, 0.2) is 18.2 Å². The molecule has 104 valence electrons. The van der Waals surface area contributed by atoms with Crippen LogP contribution in [-0.2, 0) is 6.54 Å². The molecule has 0 spiro atoms. The maximum atomic E-state index is 11.0. The Bertz CT molecular complexity index is 475. The Kier molecular flexibility index (Phi) is 4.39. The largest absolute Gasteiger partial charge is 0.393 e. The Morgan fingerprint density at radius 2 is 2.21 bits per heavy atom. The molecular formula is C13H17ClN2O3. The monoisotopic (exact) mass is 284 g/mol. The second kappa shape index (κ2) is 5.86. The van der Waals surface area contributed by atoms with Gasteiger partial charge in [0.15, 0.2) is 0 Å². The molecule has 1 N–H and O–H groups in total. The van der Waals surface area contributed by atoms with Crippen molar-refractivity contribution in [1.29, 1.82) is 0 Å². The van der Waals surface area contributed by atoms with E-state index in [4.69, 9.17) is 11.6 Å². The number of nitrogens with zero attached hydrogens (tertiary/aromatic N) is 2. The zero-order chi connectivity index (χ0) is 14.0. The van der Waals surface area contributed by atoms with Gasteiger partial charge in [-0.1, -0.05) is 11.6 Å². The SMILES string of the molecule is CN(Cc1cc(Cl)ccc1[N+](=O)[O-])CC1CC(O)C1. The summed E-state index contributed by atoms with van der Waals surface area (Å²) in [5, 5.41) is 20.7. The van der Waals surface area contributed by atoms with E-state index in [-0.39, 0.29) is 16.7 Å². The lowest BCUT2D eigenvalue weighted by atomic mass is 9.82. The molecule has 0 amide bonds. The molecule has 19 heavy (non-hydrogen) atoms. The molecule has 0 aromatic heterocycles. The Morgan fingerprint density at radius 3 is 2.79 bits per heavy atom. The first kappa shape index (κ1) is 14.2. The molecule has 1 fully saturated rings. The van der Waals surface area contributed by atoms with Crippen LogP contribution in [0.2, 0.25) is 5.02 Å². The van der Waals surface area contributed by atoms with Crippen LogP contribution < -0.4 is 0 Å². The van der Waals surface area contributed by atoms with Gasteiger partial charge in [-0.25, -0.2) is 0 Å². The molecule has 0 saturated heterocycles. The summed E-state index contributed by atoms with van der Waals surface area (Å²) in [4.78, 5) is 12.6. The summed E-state index contributed by atoms with van der Waals surface area (Å²) in [5.41, 5.74) is 0.727. The van der Waals surface area contributed by atoms with E-state index in [0.717, 1.165) is 19.4 Å². The van der Waals surface area contributed by atoms with E-state index in [1.54, 1.807) is 6.07 Å². The van der Waals surface area contributed by atoms with Crippen molar-refractivity contribution in [2.75, 3.05) is 13.6 Å². The van der Waals surface area contributed by atoms with Crippen molar-refractivity contribution in [3.05, 3.63) is 38.9 Å². The number of aliphatic hydroxyl groups excluding tert-OH is 1. The maximum absolute atomic E-state index is 11.0. The summed E-state index contributed by atoms with van der Waals surface area (Å²) in [6.07, 6.45) is 1.48. The van der Waals surface area contributed by atoms with Crippen molar-refractivity contribution in [2.24, 2.45) is 5.92 Å². The Hall–Kier alpha value is -1.17. The number of hydrogen-bond donors (Lipinski definition) is 1. The van der Waals surface area contributed by atoms with Crippen LogP contribution >= 0.6 is 11.6 Å². The van der Waals surface area contributed by atoms with Crippen molar-refractivity contribution in [3.63, 3.8) is 0 Å². The molecule has 0 radical (unpaired) electrons. The van der Waals surface area contributed by atoms with Crippen LogP contribution in [0.4, 0.5) is 5.69 Å². The molecule has 0 aliphatic heterocycles. The van der Waals surface area contributed by atoms with E-state index in [0.29, 0.717) is 23.0 Å². The average Bonchev–Trinajstić information content (AvgIpc) is 2.26. The van der Waals surface area contributed by atoms with E-state index in [1.165, 1.54) is 12.1 Å². The van der Waals surface area contributed by atoms with Crippen molar-refractivity contribution < 1.29 is 10.0 Å². The van der Waals surface area contributed by atoms with Crippen molar-refractivity contribution in [2.45, 2.75) is 25.5 Å². The number of hydrogen-bond acceptors (Lipinski definition) is 4. The number of aliphatic hydroxyl groups is 1. The van der Waals surface area contributed by atoms with Gasteiger partial charge in [0.1, 0.15) is 0 Å². The zero-order valence-electron chi connectivity index (χ0n) is 10.8. The number of nitro groups is 1. The van der Waals surface area contributed by atoms with Gasteiger partial charge in [-0.15, -0.1) is 0 Å². The molecule has 1 saturated carbocycles. The van der Waals surface area contributed by atoms with Crippen molar-refractivity contribution in [1.82, 2.24) is 4.90 Å². The molecule has 5 nitrogen and oxygen atoms in total. The van der Waals surface area contributed by atoms with Crippen LogP contribution in [-0.4, -0.2) is 34.6 Å². The summed E-state index contributed by atoms with van der Waals surface area (Å²) < 4.78 is 0. The van der Waals surface area contributed by atoms with E-state index < -0.39 is 0 Å². The second-order valence-electron chi connectivity index (χ2n) is 5.22. The fourth-order valence-corrected chi connectivity index (χ4v) is 2.70. The minimum atomic E-state index is -0.382. The Morgan fingerprint density at radius 1 is 1.53 bits per heavy atom. The van der Waals surface area contributed by atoms with Gasteiger partial charge in [0, 0.05) is 29.7 Å². The predicted molar refractivity (Wildman–Crippen MR) is 73.2 cm³/mol. The fourth-order valence-electron chi connectivity index (χ4n) is 2.50. The normalized spacial score (nSPS) is 22.3. The van der Waals surface area contributed by atoms with Crippen molar-refractivity contribution >= 4 is 17.3 Å². The van der Waals surface area contributed by atoms with E-state index in [9.17, 15) is 15.2 Å². The molecule has 0 heterocycles. The average molecular weight is 285 g/mol. The zero-order valence-corrected chi connectivity index (χ0v) is 11.5. The summed E-state index contributed by atoms with van der Waals surface area (Å²) in [7, 11) is 1.93. The first-order valence-electron chi connectivity index (χ1n) is 6.25. The molecule has 0 bridgehead atoms. The highest BCUT2D eigenvalue weighted by molar-refractivity contribution is 6.30. The van der Waals surface area contributed by atoms with Gasteiger partial charge < -0.3 is 10.0 Å². The third-order valence-corrected chi connectivity index (χ3v) is 3.69. The molecule has 0 atom stereocenters. The van der Waals surface area contributed by atoms with Crippen LogP contribution in [0.25, 0.3) is 0 Å². The predicted octanol–water partition coefficient (Wildman–Crippen LogP) is 2.45. The first-order valence-corrected chi connectivity index (χ1v) is 6.63. The number of halogens is 1. The molecule has 1 aromatic rings. The Labute approximate surface area is 116 Å². The summed E-state index contributed by atoms with van der Waals surface area (Å²) in [5.74, 6) is 0.484. The van der Waals surface area contributed by atoms with Gasteiger partial charge in [0.2, 0.25) is 0 Å². The summed E-state index contributed by atoms with van der Waals surface area (Å²) >= 11 is 5.89. The molecule has 2 rings (SSSR count). The third-order valence-electron chi connectivity index (χ3n) is 3.46. The van der Waals surface area contributed by atoms with E-state index in [1.807, 2.05) is 11.9 Å². The minimum Gasteiger partial charge on any atom is -0.393 e. The van der Waals surface area contributed by atoms with Gasteiger partial charge in [-0.3, -0.25) is 10.1 Å². The van der Waals surface area contributed by atoms with E-state index in [2.05, 4.69) is 0 Å². The second-order valence-corrected chi connectivity index (χ2v) is 5.65. The first-order chi connectivity index (χ1) is 8.95. The van der Waals surface area contributed by atoms with Gasteiger partial charge in [-0.05, 0) is 37.9 Å². The number of nitro benzene ring substituents is 1. The van der Waals surface area contributed by atoms with Gasteiger partial charge in [-0.2, -0.15) is 0 Å². The van der Waals surface area contributed by atoms with Crippen molar-refractivity contribution in [3.8, 4) is 0 Å². The molecular weight excluding hydrogens is 268 g/mol. The van der Waals surface area contributed by atoms with Crippen LogP contribution in [0.3, 0.4) is 0 Å². The summed E-state index contributed by atoms with van der Waals surface area (Å²) in [6, 6.07) is 4.62. The summed E-state index contributed by atoms with van der Waals surface area (Å²) in [6.45, 7) is 1.32. The van der Waals surface area contributed by atoms with Gasteiger partial charge >= 0.3 is 0 Å². The molecule has 1 aliphatic rings.